The van der Waals surface area contributed by atoms with E-state index in [4.69, 9.17) is 4.42 Å². The van der Waals surface area contributed by atoms with E-state index in [-0.39, 0.29) is 11.3 Å². The summed E-state index contributed by atoms with van der Waals surface area (Å²) >= 11 is 0. The van der Waals surface area contributed by atoms with Gasteiger partial charge in [-0.3, -0.25) is 9.36 Å². The van der Waals surface area contributed by atoms with Gasteiger partial charge in [-0.1, -0.05) is 18.2 Å². The number of benzene rings is 1. The number of piperidine rings is 1. The number of nitrogens with zero attached hydrogens (tertiary/aromatic N) is 2. The molecular formula is C20H23N3O3. The molecule has 3 heterocycles. The first kappa shape index (κ1) is 16.8. The molecule has 136 valence electrons. The van der Waals surface area contributed by atoms with E-state index in [0.29, 0.717) is 18.0 Å². The zero-order chi connectivity index (χ0) is 17.9. The minimum atomic E-state index is -0.279. The van der Waals surface area contributed by atoms with Gasteiger partial charge in [0.1, 0.15) is 0 Å². The van der Waals surface area contributed by atoms with Gasteiger partial charge in [0.15, 0.2) is 5.58 Å². The molecule has 0 atom stereocenters. The molecule has 0 spiro atoms. The van der Waals surface area contributed by atoms with Crippen LogP contribution in [-0.2, 0) is 13.0 Å². The maximum atomic E-state index is 12.0. The van der Waals surface area contributed by atoms with E-state index in [1.165, 1.54) is 5.56 Å². The second-order valence-electron chi connectivity index (χ2n) is 7.04. The quantitative estimate of drug-likeness (QED) is 0.764. The van der Waals surface area contributed by atoms with Crippen LogP contribution < -0.4 is 11.3 Å². The van der Waals surface area contributed by atoms with Crippen molar-refractivity contribution in [1.29, 1.82) is 0 Å². The van der Waals surface area contributed by atoms with Crippen LogP contribution in [0.1, 0.15) is 18.4 Å². The summed E-state index contributed by atoms with van der Waals surface area (Å²) in [5, 5.41) is 0. The summed E-state index contributed by atoms with van der Waals surface area (Å²) in [5.41, 5.74) is 2.66. The largest absolute Gasteiger partial charge is 0.419 e. The number of nitrogens with one attached hydrogen (secondary N) is 1. The Hall–Kier alpha value is -2.60. The third-order valence-corrected chi connectivity index (χ3v) is 5.29. The molecule has 26 heavy (non-hydrogen) atoms. The molecule has 2 aromatic heterocycles. The van der Waals surface area contributed by atoms with Crippen LogP contribution >= 0.6 is 0 Å². The number of likely N-dealkylation sites (tertiary alicyclic amines) is 1. The molecule has 0 aliphatic carbocycles. The maximum absolute atomic E-state index is 12.0. The van der Waals surface area contributed by atoms with Gasteiger partial charge in [0.2, 0.25) is 5.56 Å². The van der Waals surface area contributed by atoms with Gasteiger partial charge in [0.05, 0.1) is 5.52 Å². The van der Waals surface area contributed by atoms with Crippen LogP contribution in [0.25, 0.3) is 11.1 Å². The lowest BCUT2D eigenvalue weighted by atomic mass is 9.91. The van der Waals surface area contributed by atoms with Gasteiger partial charge in [-0.25, -0.2) is 4.79 Å². The molecule has 1 aliphatic rings. The summed E-state index contributed by atoms with van der Waals surface area (Å²) in [6.45, 7) is 3.59. The molecule has 0 radical (unpaired) electrons. The molecule has 1 aromatic carbocycles. The molecule has 1 aliphatic heterocycles. The number of hydrogen-bond donors (Lipinski definition) is 1. The SMILES string of the molecule is O=c1ccc(CC2CCN(CCn3c(=O)oc4ccccc43)CC2)c[nH]1. The standard InChI is InChI=1S/C20H23N3O3/c24-19-6-5-16(14-21-19)13-15-7-9-22(10-8-15)11-12-23-17-3-1-2-4-18(17)26-20(23)25/h1-6,14-15H,7-13H2,(H,21,24). The lowest BCUT2D eigenvalue weighted by molar-refractivity contribution is 0.178. The van der Waals surface area contributed by atoms with E-state index in [0.717, 1.165) is 44.4 Å². The van der Waals surface area contributed by atoms with Gasteiger partial charge >= 0.3 is 5.76 Å². The Morgan fingerprint density at radius 1 is 1.04 bits per heavy atom. The van der Waals surface area contributed by atoms with Gasteiger partial charge < -0.3 is 14.3 Å². The fraction of sp³-hybridized carbons (Fsp3) is 0.400. The molecule has 1 N–H and O–H groups in total. The average Bonchev–Trinajstić information content (AvgIpc) is 2.98. The molecule has 0 amide bonds. The Kier molecular flexibility index (Phi) is 4.75. The maximum Gasteiger partial charge on any atom is 0.419 e. The van der Waals surface area contributed by atoms with E-state index < -0.39 is 0 Å². The van der Waals surface area contributed by atoms with Crippen molar-refractivity contribution in [2.45, 2.75) is 25.8 Å². The molecular weight excluding hydrogens is 330 g/mol. The van der Waals surface area contributed by atoms with Crippen LogP contribution in [0.4, 0.5) is 0 Å². The first-order valence-electron chi connectivity index (χ1n) is 9.17. The summed E-state index contributed by atoms with van der Waals surface area (Å²) < 4.78 is 7.02. The first-order valence-corrected chi connectivity index (χ1v) is 9.17. The molecule has 1 saturated heterocycles. The fourth-order valence-electron chi connectivity index (χ4n) is 3.78. The molecule has 0 saturated carbocycles. The number of aromatic amines is 1. The predicted octanol–water partition coefficient (Wildman–Crippen LogP) is 2.24. The molecule has 1 fully saturated rings. The summed E-state index contributed by atoms with van der Waals surface area (Å²) in [5.74, 6) is 0.369. The van der Waals surface area contributed by atoms with Crippen molar-refractivity contribution in [2.75, 3.05) is 19.6 Å². The van der Waals surface area contributed by atoms with Crippen molar-refractivity contribution in [3.8, 4) is 0 Å². The fourth-order valence-corrected chi connectivity index (χ4v) is 3.78. The van der Waals surface area contributed by atoms with Gasteiger partial charge in [0, 0.05) is 25.4 Å². The minimum absolute atomic E-state index is 0.0504. The highest BCUT2D eigenvalue weighted by molar-refractivity contribution is 5.72. The summed E-state index contributed by atoms with van der Waals surface area (Å²) in [6.07, 6.45) is 5.11. The number of aromatic nitrogens is 2. The minimum Gasteiger partial charge on any atom is -0.408 e. The number of oxazole rings is 1. The number of hydrogen-bond acceptors (Lipinski definition) is 4. The lowest BCUT2D eigenvalue weighted by Crippen LogP contribution is -2.37. The highest BCUT2D eigenvalue weighted by Crippen LogP contribution is 2.21. The Balaban J connectivity index is 1.31. The van der Waals surface area contributed by atoms with Crippen molar-refractivity contribution < 1.29 is 4.42 Å². The molecule has 3 aromatic rings. The Morgan fingerprint density at radius 3 is 2.62 bits per heavy atom. The van der Waals surface area contributed by atoms with E-state index in [1.54, 1.807) is 10.6 Å². The number of fused-ring (bicyclic) bond motifs is 1. The van der Waals surface area contributed by atoms with Crippen LogP contribution in [0, 0.1) is 5.92 Å². The second-order valence-corrected chi connectivity index (χ2v) is 7.04. The zero-order valence-corrected chi connectivity index (χ0v) is 14.7. The third kappa shape index (κ3) is 3.65. The Morgan fingerprint density at radius 2 is 1.85 bits per heavy atom. The monoisotopic (exact) mass is 353 g/mol. The normalized spacial score (nSPS) is 16.3. The van der Waals surface area contributed by atoms with Crippen LogP contribution in [0.3, 0.4) is 0 Å². The topological polar surface area (TPSA) is 71.2 Å². The van der Waals surface area contributed by atoms with E-state index in [1.807, 2.05) is 36.5 Å². The van der Waals surface area contributed by atoms with Crippen molar-refractivity contribution in [1.82, 2.24) is 14.5 Å². The van der Waals surface area contributed by atoms with Gasteiger partial charge in [0.25, 0.3) is 0 Å². The molecule has 0 bridgehead atoms. The number of H-pyrrole nitrogens is 1. The smallest absolute Gasteiger partial charge is 0.408 e. The van der Waals surface area contributed by atoms with Gasteiger partial charge in [-0.2, -0.15) is 0 Å². The summed E-state index contributed by atoms with van der Waals surface area (Å²) in [6, 6.07) is 11.1. The van der Waals surface area contributed by atoms with Crippen molar-refractivity contribution in [3.05, 3.63) is 69.1 Å². The lowest BCUT2D eigenvalue weighted by Gasteiger charge is -2.32. The van der Waals surface area contributed by atoms with Crippen LogP contribution in [0.5, 0.6) is 0 Å². The molecule has 4 rings (SSSR count). The van der Waals surface area contributed by atoms with Gasteiger partial charge in [-0.05, 0) is 56.0 Å². The Labute approximate surface area is 151 Å². The number of rotatable bonds is 5. The second kappa shape index (κ2) is 7.33. The first-order chi connectivity index (χ1) is 12.7. The van der Waals surface area contributed by atoms with Crippen LogP contribution in [0.2, 0.25) is 0 Å². The summed E-state index contributed by atoms with van der Waals surface area (Å²) in [4.78, 5) is 28.3. The average molecular weight is 353 g/mol. The Bertz CT molecular complexity index is 973. The third-order valence-electron chi connectivity index (χ3n) is 5.29. The van der Waals surface area contributed by atoms with E-state index in [2.05, 4.69) is 9.88 Å². The van der Waals surface area contributed by atoms with Gasteiger partial charge in [-0.15, -0.1) is 0 Å². The molecule has 6 nitrogen and oxygen atoms in total. The highest BCUT2D eigenvalue weighted by atomic mass is 16.4. The van der Waals surface area contributed by atoms with E-state index in [9.17, 15) is 9.59 Å². The zero-order valence-electron chi connectivity index (χ0n) is 14.7. The molecule has 0 unspecified atom stereocenters. The van der Waals surface area contributed by atoms with Crippen LogP contribution in [0.15, 0.2) is 56.6 Å². The van der Waals surface area contributed by atoms with E-state index >= 15 is 0 Å². The van der Waals surface area contributed by atoms with Crippen molar-refractivity contribution in [2.24, 2.45) is 5.92 Å². The molecule has 6 heteroatoms. The predicted molar refractivity (Wildman–Crippen MR) is 100 cm³/mol. The van der Waals surface area contributed by atoms with Crippen molar-refractivity contribution >= 4 is 11.1 Å². The van der Waals surface area contributed by atoms with Crippen LogP contribution in [-0.4, -0.2) is 34.1 Å². The van der Waals surface area contributed by atoms with Crippen molar-refractivity contribution in [3.63, 3.8) is 0 Å². The highest BCUT2D eigenvalue weighted by Gasteiger charge is 2.20. The number of para-hydroxylation sites is 2. The number of pyridine rings is 1. The summed E-state index contributed by atoms with van der Waals surface area (Å²) in [7, 11) is 0.